The van der Waals surface area contributed by atoms with E-state index in [1.165, 1.54) is 0 Å². The smallest absolute Gasteiger partial charge is 0.324 e. The number of nitrogens with zero attached hydrogens (tertiary/aromatic N) is 1. The van der Waals surface area contributed by atoms with E-state index in [9.17, 15) is 4.79 Å². The molecule has 1 aromatic heterocycles. The number of hydrogen-bond donors (Lipinski definition) is 2. The molecule has 1 heterocycles. The number of amides is 2. The van der Waals surface area contributed by atoms with Crippen LogP contribution in [0.25, 0.3) is 11.3 Å². The van der Waals surface area contributed by atoms with E-state index in [4.69, 9.17) is 9.26 Å². The number of carbonyl (C=O) groups is 1. The molecule has 23 heavy (non-hydrogen) atoms. The predicted molar refractivity (Wildman–Crippen MR) is 87.6 cm³/mol. The summed E-state index contributed by atoms with van der Waals surface area (Å²) >= 11 is 0. The number of aromatic nitrogens is 1. The van der Waals surface area contributed by atoms with Gasteiger partial charge in [-0.25, -0.2) is 4.79 Å². The van der Waals surface area contributed by atoms with E-state index in [1.54, 1.807) is 37.4 Å². The highest BCUT2D eigenvalue weighted by Crippen LogP contribution is 2.22. The summed E-state index contributed by atoms with van der Waals surface area (Å²) in [6, 6.07) is 17.9. The normalized spacial score (nSPS) is 10.1. The summed E-state index contributed by atoms with van der Waals surface area (Å²) in [4.78, 5) is 12.0. The van der Waals surface area contributed by atoms with Gasteiger partial charge in [0.05, 0.1) is 7.11 Å². The Labute approximate surface area is 133 Å². The summed E-state index contributed by atoms with van der Waals surface area (Å²) in [5.74, 6) is 1.59. The van der Waals surface area contributed by atoms with Gasteiger partial charge in [0.1, 0.15) is 5.75 Å². The quantitative estimate of drug-likeness (QED) is 0.764. The number of hydrogen-bond acceptors (Lipinski definition) is 4. The zero-order chi connectivity index (χ0) is 16.1. The minimum Gasteiger partial charge on any atom is -0.497 e. The van der Waals surface area contributed by atoms with Crippen LogP contribution in [0.2, 0.25) is 0 Å². The Morgan fingerprint density at radius 1 is 1.04 bits per heavy atom. The minimum absolute atomic E-state index is 0.337. The van der Waals surface area contributed by atoms with Crippen LogP contribution in [-0.4, -0.2) is 18.3 Å². The molecule has 0 radical (unpaired) electrons. The molecule has 0 aliphatic rings. The summed E-state index contributed by atoms with van der Waals surface area (Å²) in [5, 5.41) is 9.16. The molecule has 2 N–H and O–H groups in total. The second-order valence-electron chi connectivity index (χ2n) is 4.75. The third-order valence-electron chi connectivity index (χ3n) is 3.14. The van der Waals surface area contributed by atoms with Crippen LogP contribution in [-0.2, 0) is 0 Å². The van der Waals surface area contributed by atoms with Crippen molar-refractivity contribution >= 4 is 17.5 Å². The molecule has 3 aromatic rings. The van der Waals surface area contributed by atoms with E-state index in [1.807, 2.05) is 30.3 Å². The molecule has 0 fully saturated rings. The Bertz CT molecular complexity index is 800. The van der Waals surface area contributed by atoms with Gasteiger partial charge in [-0.1, -0.05) is 41.6 Å². The van der Waals surface area contributed by atoms with Crippen molar-refractivity contribution in [3.63, 3.8) is 0 Å². The van der Waals surface area contributed by atoms with Crippen molar-refractivity contribution < 1.29 is 14.1 Å². The summed E-state index contributed by atoms with van der Waals surface area (Å²) in [7, 11) is 1.57. The molecule has 2 aromatic carbocycles. The van der Waals surface area contributed by atoms with E-state index >= 15 is 0 Å². The maximum Gasteiger partial charge on any atom is 0.324 e. The maximum atomic E-state index is 12.0. The van der Waals surface area contributed by atoms with Crippen molar-refractivity contribution in [2.45, 2.75) is 0 Å². The molecule has 0 saturated heterocycles. The average Bonchev–Trinajstić information content (AvgIpc) is 3.04. The van der Waals surface area contributed by atoms with Crippen LogP contribution < -0.4 is 15.4 Å². The van der Waals surface area contributed by atoms with Crippen molar-refractivity contribution in [2.24, 2.45) is 0 Å². The molecule has 0 aliphatic heterocycles. The number of ether oxygens (including phenoxy) is 1. The van der Waals surface area contributed by atoms with Crippen molar-refractivity contribution in [1.82, 2.24) is 5.16 Å². The average molecular weight is 309 g/mol. The third-order valence-corrected chi connectivity index (χ3v) is 3.14. The molecule has 0 atom stereocenters. The first-order chi connectivity index (χ1) is 11.2. The first-order valence-electron chi connectivity index (χ1n) is 6.99. The molecule has 116 valence electrons. The summed E-state index contributed by atoms with van der Waals surface area (Å²) < 4.78 is 10.3. The fourth-order valence-corrected chi connectivity index (χ4v) is 2.05. The van der Waals surface area contributed by atoms with Crippen LogP contribution in [0.3, 0.4) is 0 Å². The molecular formula is C17H15N3O3. The number of anilines is 2. The Balaban J connectivity index is 1.65. The van der Waals surface area contributed by atoms with Gasteiger partial charge in [0, 0.05) is 23.4 Å². The molecule has 2 amide bonds. The lowest BCUT2D eigenvalue weighted by Crippen LogP contribution is -2.19. The van der Waals surface area contributed by atoms with Crippen LogP contribution in [0.4, 0.5) is 16.3 Å². The highest BCUT2D eigenvalue weighted by molar-refractivity contribution is 5.99. The molecule has 6 nitrogen and oxygen atoms in total. The lowest BCUT2D eigenvalue weighted by molar-refractivity contribution is 0.262. The molecule has 0 spiro atoms. The number of benzene rings is 2. The van der Waals surface area contributed by atoms with Crippen molar-refractivity contribution in [3.05, 3.63) is 60.7 Å². The Morgan fingerprint density at radius 2 is 1.87 bits per heavy atom. The molecule has 0 aliphatic carbocycles. The Morgan fingerprint density at radius 3 is 2.65 bits per heavy atom. The fourth-order valence-electron chi connectivity index (χ4n) is 2.05. The second kappa shape index (κ2) is 6.65. The Hall–Kier alpha value is -3.28. The van der Waals surface area contributed by atoms with E-state index in [-0.39, 0.29) is 0 Å². The lowest BCUT2D eigenvalue weighted by Gasteiger charge is -2.06. The number of carbonyl (C=O) groups excluding carboxylic acids is 1. The SMILES string of the molecule is COc1cccc(NC(=O)Nc2cc(-c3ccccc3)on2)c1. The van der Waals surface area contributed by atoms with Gasteiger partial charge in [0.25, 0.3) is 0 Å². The van der Waals surface area contributed by atoms with Gasteiger partial charge >= 0.3 is 6.03 Å². The minimum atomic E-state index is -0.411. The van der Waals surface area contributed by atoms with Gasteiger partial charge in [-0.15, -0.1) is 0 Å². The van der Waals surface area contributed by atoms with Gasteiger partial charge in [-0.05, 0) is 12.1 Å². The van der Waals surface area contributed by atoms with Crippen molar-refractivity contribution in [1.29, 1.82) is 0 Å². The molecule has 3 rings (SSSR count). The highest BCUT2D eigenvalue weighted by Gasteiger charge is 2.09. The molecule has 0 unspecified atom stereocenters. The van der Waals surface area contributed by atoms with E-state index in [0.29, 0.717) is 23.0 Å². The van der Waals surface area contributed by atoms with Crippen molar-refractivity contribution in [2.75, 3.05) is 17.7 Å². The lowest BCUT2D eigenvalue weighted by atomic mass is 10.2. The Kier molecular flexibility index (Phi) is 4.24. The monoisotopic (exact) mass is 309 g/mol. The van der Waals surface area contributed by atoms with Gasteiger partial charge in [-0.2, -0.15) is 0 Å². The van der Waals surface area contributed by atoms with Gasteiger partial charge < -0.3 is 14.6 Å². The zero-order valence-electron chi connectivity index (χ0n) is 12.4. The van der Waals surface area contributed by atoms with Crippen LogP contribution >= 0.6 is 0 Å². The zero-order valence-corrected chi connectivity index (χ0v) is 12.4. The van der Waals surface area contributed by atoms with Crippen LogP contribution in [0, 0.1) is 0 Å². The molecular weight excluding hydrogens is 294 g/mol. The highest BCUT2D eigenvalue weighted by atomic mass is 16.5. The maximum absolute atomic E-state index is 12.0. The molecule has 0 bridgehead atoms. The van der Waals surface area contributed by atoms with Crippen LogP contribution in [0.5, 0.6) is 5.75 Å². The molecule has 6 heteroatoms. The third kappa shape index (κ3) is 3.68. The number of rotatable bonds is 4. The van der Waals surface area contributed by atoms with E-state index in [0.717, 1.165) is 5.56 Å². The second-order valence-corrected chi connectivity index (χ2v) is 4.75. The standard InChI is InChI=1S/C17H15N3O3/c1-22-14-9-5-8-13(10-14)18-17(21)19-16-11-15(23-20-16)12-6-3-2-4-7-12/h2-11H,1H3,(H2,18,19,20,21). The molecule has 0 saturated carbocycles. The van der Waals surface area contributed by atoms with Gasteiger partial charge in [0.2, 0.25) is 0 Å². The summed E-state index contributed by atoms with van der Waals surface area (Å²) in [5.41, 5.74) is 1.51. The van der Waals surface area contributed by atoms with E-state index < -0.39 is 6.03 Å². The predicted octanol–water partition coefficient (Wildman–Crippen LogP) is 3.99. The first kappa shape index (κ1) is 14.6. The van der Waals surface area contributed by atoms with Gasteiger partial charge in [-0.3, -0.25) is 5.32 Å². The first-order valence-corrected chi connectivity index (χ1v) is 6.99. The van der Waals surface area contributed by atoms with Crippen LogP contribution in [0.1, 0.15) is 0 Å². The fraction of sp³-hybridized carbons (Fsp3) is 0.0588. The largest absolute Gasteiger partial charge is 0.497 e. The number of methoxy groups -OCH3 is 1. The summed E-state index contributed by atoms with van der Waals surface area (Å²) in [6.07, 6.45) is 0. The van der Waals surface area contributed by atoms with Crippen molar-refractivity contribution in [3.8, 4) is 17.1 Å². The topological polar surface area (TPSA) is 76.4 Å². The van der Waals surface area contributed by atoms with E-state index in [2.05, 4.69) is 15.8 Å². The van der Waals surface area contributed by atoms with Gasteiger partial charge in [0.15, 0.2) is 11.6 Å². The number of urea groups is 1. The summed E-state index contributed by atoms with van der Waals surface area (Å²) in [6.45, 7) is 0. The number of nitrogens with one attached hydrogen (secondary N) is 2. The van der Waals surface area contributed by atoms with Crippen LogP contribution in [0.15, 0.2) is 65.2 Å².